The number of aromatic amines is 2. The van der Waals surface area contributed by atoms with Gasteiger partial charge in [0, 0.05) is 44.3 Å². The Morgan fingerprint density at radius 1 is 0.400 bits per heavy atom. The second-order valence-corrected chi connectivity index (χ2v) is 15.8. The fraction of sp³-hybridized carbons (Fsp3) is 0.137. The highest BCUT2D eigenvalue weighted by molar-refractivity contribution is 5.99. The van der Waals surface area contributed by atoms with Crippen molar-refractivity contribution in [1.82, 2.24) is 19.9 Å². The quantitative estimate of drug-likeness (QED) is 0.187. The van der Waals surface area contributed by atoms with E-state index in [2.05, 4.69) is 202 Å². The van der Waals surface area contributed by atoms with E-state index in [9.17, 15) is 0 Å². The first-order valence-corrected chi connectivity index (χ1v) is 19.2. The van der Waals surface area contributed by atoms with Crippen molar-refractivity contribution in [2.24, 2.45) is 0 Å². The van der Waals surface area contributed by atoms with E-state index in [-0.39, 0.29) is 5.41 Å². The first-order chi connectivity index (χ1) is 26.7. The smallest absolute Gasteiger partial charge is 0.0737 e. The lowest BCUT2D eigenvalue weighted by Crippen LogP contribution is -2.10. The maximum Gasteiger partial charge on any atom is 0.0737 e. The van der Waals surface area contributed by atoms with Gasteiger partial charge in [0.25, 0.3) is 0 Å². The molecule has 2 N–H and O–H groups in total. The molecule has 8 bridgehead atoms. The lowest BCUT2D eigenvalue weighted by molar-refractivity contribution is 0.590. The molecule has 7 aromatic rings. The lowest BCUT2D eigenvalue weighted by Gasteiger charge is -2.19. The molecule has 0 atom stereocenters. The number of H-pyrrole nitrogens is 2. The number of nitrogens with one attached hydrogen (secondary N) is 2. The highest BCUT2D eigenvalue weighted by atomic mass is 14.8. The summed E-state index contributed by atoms with van der Waals surface area (Å²) in [6.45, 7) is 11.2. The molecule has 9 rings (SSSR count). The molecule has 0 amide bonds. The SMILES string of the molecule is CC(C)c1ccc(-c2c3nc(c(-c4ccccc4)c4ccc([nH]4)c(-c4ccccc4)c4nc(c(-c5ccc(C(C)(C)C)cc5)c5ccc2[nH]5)C=C4)C=C3)cc1. The van der Waals surface area contributed by atoms with Crippen LogP contribution < -0.4 is 0 Å². The molecule has 0 radical (unpaired) electrons. The zero-order valence-electron chi connectivity index (χ0n) is 32.0. The van der Waals surface area contributed by atoms with Crippen LogP contribution in [0.1, 0.15) is 74.4 Å². The number of hydrogen-bond donors (Lipinski definition) is 2. The number of fused-ring (bicyclic) bond motifs is 8. The zero-order chi connectivity index (χ0) is 37.7. The van der Waals surface area contributed by atoms with Crippen LogP contribution in [0.5, 0.6) is 0 Å². The Bertz CT molecular complexity index is 2770. The van der Waals surface area contributed by atoms with Crippen molar-refractivity contribution in [3.8, 4) is 44.5 Å². The molecule has 4 heteroatoms. The van der Waals surface area contributed by atoms with Crippen molar-refractivity contribution < 1.29 is 0 Å². The summed E-state index contributed by atoms with van der Waals surface area (Å²) in [6, 6.07) is 47.8. The third-order valence-electron chi connectivity index (χ3n) is 10.8. The van der Waals surface area contributed by atoms with Gasteiger partial charge in [-0.1, -0.05) is 144 Å². The number of rotatable bonds is 5. The maximum absolute atomic E-state index is 5.45. The van der Waals surface area contributed by atoms with Crippen molar-refractivity contribution in [2.75, 3.05) is 0 Å². The molecule has 5 heterocycles. The predicted molar refractivity (Wildman–Crippen MR) is 233 cm³/mol. The van der Waals surface area contributed by atoms with Crippen molar-refractivity contribution in [1.29, 1.82) is 0 Å². The standard InChI is InChI=1S/C51H44N4/c1-32(2)33-16-18-36(19-17-33)49-43-28-26-41(53-43)47(34-12-8-6-9-13-34)39-24-25-40(52-39)48(35-14-10-7-11-15-35)42-27-29-45(54-42)50(46-31-30-44(49)55-46)37-20-22-38(23-21-37)51(3,4)5/h6-32,52,55H,1-5H3. The van der Waals surface area contributed by atoms with E-state index in [1.165, 1.54) is 11.1 Å². The van der Waals surface area contributed by atoms with Crippen LogP contribution in [-0.2, 0) is 5.41 Å². The average molecular weight is 713 g/mol. The summed E-state index contributed by atoms with van der Waals surface area (Å²) in [7, 11) is 0. The molecule has 4 nitrogen and oxygen atoms in total. The lowest BCUT2D eigenvalue weighted by atomic mass is 9.86. The van der Waals surface area contributed by atoms with Gasteiger partial charge in [-0.2, -0.15) is 0 Å². The minimum Gasteiger partial charge on any atom is -0.354 e. The molecule has 0 unspecified atom stereocenters. The molecule has 0 saturated carbocycles. The summed E-state index contributed by atoms with van der Waals surface area (Å²) >= 11 is 0. The van der Waals surface area contributed by atoms with Crippen molar-refractivity contribution in [3.63, 3.8) is 0 Å². The van der Waals surface area contributed by atoms with E-state index < -0.39 is 0 Å². The first-order valence-electron chi connectivity index (χ1n) is 19.2. The number of benzene rings is 4. The van der Waals surface area contributed by atoms with Gasteiger partial charge in [0.15, 0.2) is 0 Å². The first kappa shape index (κ1) is 34.3. The van der Waals surface area contributed by atoms with E-state index >= 15 is 0 Å². The number of nitrogens with zero attached hydrogens (tertiary/aromatic N) is 2. The van der Waals surface area contributed by atoms with Crippen LogP contribution >= 0.6 is 0 Å². The Kier molecular flexibility index (Phi) is 8.54. The fourth-order valence-corrected chi connectivity index (χ4v) is 7.80. The van der Waals surface area contributed by atoms with Crippen LogP contribution in [0.2, 0.25) is 0 Å². The van der Waals surface area contributed by atoms with Gasteiger partial charge in [0.05, 0.1) is 22.8 Å². The van der Waals surface area contributed by atoms with Crippen LogP contribution in [0.15, 0.2) is 133 Å². The fourth-order valence-electron chi connectivity index (χ4n) is 7.80. The van der Waals surface area contributed by atoms with Gasteiger partial charge in [-0.25, -0.2) is 9.97 Å². The summed E-state index contributed by atoms with van der Waals surface area (Å²) in [4.78, 5) is 18.6. The summed E-state index contributed by atoms with van der Waals surface area (Å²) in [5, 5.41) is 0. The van der Waals surface area contributed by atoms with Crippen LogP contribution in [0, 0.1) is 0 Å². The average Bonchev–Trinajstić information content (AvgIpc) is 4.04. The summed E-state index contributed by atoms with van der Waals surface area (Å²) in [5.41, 5.74) is 18.9. The molecular weight excluding hydrogens is 669 g/mol. The molecule has 4 aromatic carbocycles. The number of aromatic nitrogens is 4. The van der Waals surface area contributed by atoms with E-state index in [1.807, 2.05) is 0 Å². The Labute approximate surface area is 323 Å². The molecule has 0 aliphatic carbocycles. The largest absolute Gasteiger partial charge is 0.354 e. The van der Waals surface area contributed by atoms with Gasteiger partial charge < -0.3 is 9.97 Å². The minimum atomic E-state index is 0.0433. The monoisotopic (exact) mass is 712 g/mol. The van der Waals surface area contributed by atoms with Gasteiger partial charge in [-0.05, 0) is 93.3 Å². The van der Waals surface area contributed by atoms with Crippen LogP contribution in [0.25, 0.3) is 90.9 Å². The van der Waals surface area contributed by atoms with Crippen molar-refractivity contribution in [3.05, 3.63) is 167 Å². The molecular formula is C51H44N4. The van der Waals surface area contributed by atoms with E-state index in [0.29, 0.717) is 5.92 Å². The van der Waals surface area contributed by atoms with Crippen LogP contribution in [-0.4, -0.2) is 19.9 Å². The normalized spacial score (nSPS) is 12.5. The Morgan fingerprint density at radius 2 is 0.727 bits per heavy atom. The van der Waals surface area contributed by atoms with Gasteiger partial charge in [-0.3, -0.25) is 0 Å². The predicted octanol–water partition coefficient (Wildman–Crippen LogP) is 13.7. The Balaban J connectivity index is 1.44. The van der Waals surface area contributed by atoms with Crippen molar-refractivity contribution in [2.45, 2.75) is 46.0 Å². The van der Waals surface area contributed by atoms with Gasteiger partial charge in [0.2, 0.25) is 0 Å². The molecule has 0 saturated heterocycles. The molecule has 2 aliphatic heterocycles. The topological polar surface area (TPSA) is 57.4 Å². The summed E-state index contributed by atoms with van der Waals surface area (Å²) in [5.74, 6) is 0.439. The highest BCUT2D eigenvalue weighted by Gasteiger charge is 2.20. The van der Waals surface area contributed by atoms with Gasteiger partial charge in [-0.15, -0.1) is 0 Å². The molecule has 0 fully saturated rings. The Hall–Kier alpha value is -6.52. The van der Waals surface area contributed by atoms with Crippen LogP contribution in [0.3, 0.4) is 0 Å². The third-order valence-corrected chi connectivity index (χ3v) is 10.8. The number of hydrogen-bond acceptors (Lipinski definition) is 2. The van der Waals surface area contributed by atoms with Gasteiger partial charge >= 0.3 is 0 Å². The minimum absolute atomic E-state index is 0.0433. The van der Waals surface area contributed by atoms with Crippen molar-refractivity contribution >= 4 is 46.4 Å². The maximum atomic E-state index is 5.45. The molecule has 268 valence electrons. The van der Waals surface area contributed by atoms with E-state index in [4.69, 9.17) is 9.97 Å². The molecule has 55 heavy (non-hydrogen) atoms. The molecule has 2 aliphatic rings. The third kappa shape index (κ3) is 6.44. The summed E-state index contributed by atoms with van der Waals surface area (Å²) < 4.78 is 0. The molecule has 0 spiro atoms. The zero-order valence-corrected chi connectivity index (χ0v) is 32.0. The molecule has 3 aromatic heterocycles. The second kappa shape index (κ2) is 13.7. The highest BCUT2D eigenvalue weighted by Crippen LogP contribution is 2.39. The van der Waals surface area contributed by atoms with Gasteiger partial charge in [0.1, 0.15) is 0 Å². The summed E-state index contributed by atoms with van der Waals surface area (Å²) in [6.07, 6.45) is 8.64. The van der Waals surface area contributed by atoms with E-state index in [1.54, 1.807) is 0 Å². The Morgan fingerprint density at radius 3 is 1.05 bits per heavy atom. The second-order valence-electron chi connectivity index (χ2n) is 15.8. The van der Waals surface area contributed by atoms with Crippen LogP contribution in [0.4, 0.5) is 0 Å². The van der Waals surface area contributed by atoms with E-state index in [0.717, 1.165) is 89.4 Å².